The minimum absolute atomic E-state index is 0.143. The average molecular weight is 265 g/mol. The second-order valence-corrected chi connectivity index (χ2v) is 5.76. The number of nitrogens with one attached hydrogen (secondary N) is 1. The molecule has 3 rings (SSSR count). The number of benzene rings is 1. The van der Waals surface area contributed by atoms with Gasteiger partial charge in [0.2, 0.25) is 0 Å². The first-order chi connectivity index (χ1) is 8.65. The van der Waals surface area contributed by atoms with Crippen LogP contribution in [-0.2, 0) is 0 Å². The number of aryl methyl sites for hydroxylation is 1. The van der Waals surface area contributed by atoms with Crippen molar-refractivity contribution < 1.29 is 4.79 Å². The molecule has 0 saturated carbocycles. The topological polar surface area (TPSA) is 32.3 Å². The Morgan fingerprint density at radius 2 is 2.00 bits per heavy atom. The minimum atomic E-state index is 0.143. The first kappa shape index (κ1) is 12.0. The summed E-state index contributed by atoms with van der Waals surface area (Å²) in [5, 5.41) is 4.10. The van der Waals surface area contributed by atoms with Crippen LogP contribution in [-0.4, -0.2) is 37.0 Å². The van der Waals surface area contributed by atoms with Crippen LogP contribution in [0.25, 0.3) is 0 Å². The monoisotopic (exact) mass is 264 g/mol. The van der Waals surface area contributed by atoms with Gasteiger partial charge in [0.15, 0.2) is 0 Å². The maximum Gasteiger partial charge on any atom is 0.253 e. The van der Waals surface area contributed by atoms with Gasteiger partial charge in [-0.1, -0.05) is 11.6 Å². The second-order valence-electron chi connectivity index (χ2n) is 5.35. The lowest BCUT2D eigenvalue weighted by Crippen LogP contribution is -2.31. The molecular formula is C14H17ClN2O. The largest absolute Gasteiger partial charge is 0.338 e. The second kappa shape index (κ2) is 4.56. The Hall–Kier alpha value is -1.06. The minimum Gasteiger partial charge on any atom is -0.338 e. The molecule has 2 atom stereocenters. The van der Waals surface area contributed by atoms with Crippen molar-refractivity contribution in [2.75, 3.05) is 26.2 Å². The number of amides is 1. The van der Waals surface area contributed by atoms with Crippen molar-refractivity contribution in [3.05, 3.63) is 34.3 Å². The zero-order valence-corrected chi connectivity index (χ0v) is 11.2. The molecule has 1 aromatic carbocycles. The van der Waals surface area contributed by atoms with Crippen molar-refractivity contribution in [2.24, 2.45) is 11.8 Å². The summed E-state index contributed by atoms with van der Waals surface area (Å²) in [6.07, 6.45) is 0. The standard InChI is InChI=1S/C14H17ClN2O/c1-9-4-10(2-3-13(9)15)14(18)17-7-11-5-16-6-12(11)8-17/h2-4,11-12,16H,5-8H2,1H3. The Bertz CT molecular complexity index is 477. The molecule has 2 aliphatic heterocycles. The number of fused-ring (bicyclic) bond motifs is 1. The Morgan fingerprint density at radius 1 is 1.33 bits per heavy atom. The molecule has 2 saturated heterocycles. The smallest absolute Gasteiger partial charge is 0.253 e. The lowest BCUT2D eigenvalue weighted by atomic mass is 10.0. The SMILES string of the molecule is Cc1cc(C(=O)N2CC3CNCC3C2)ccc1Cl. The van der Waals surface area contributed by atoms with Gasteiger partial charge in [0.1, 0.15) is 0 Å². The van der Waals surface area contributed by atoms with Crippen molar-refractivity contribution in [1.82, 2.24) is 10.2 Å². The first-order valence-corrected chi connectivity index (χ1v) is 6.79. The fourth-order valence-electron chi connectivity index (χ4n) is 2.98. The number of nitrogens with zero attached hydrogens (tertiary/aromatic N) is 1. The van der Waals surface area contributed by atoms with E-state index >= 15 is 0 Å². The molecule has 18 heavy (non-hydrogen) atoms. The molecule has 2 fully saturated rings. The van der Waals surface area contributed by atoms with Crippen LogP contribution in [0.2, 0.25) is 5.02 Å². The summed E-state index contributed by atoms with van der Waals surface area (Å²) in [6, 6.07) is 5.52. The average Bonchev–Trinajstić information content (AvgIpc) is 2.92. The third-order valence-corrected chi connectivity index (χ3v) is 4.51. The third kappa shape index (κ3) is 2.02. The van der Waals surface area contributed by atoms with E-state index in [9.17, 15) is 4.79 Å². The molecule has 0 aromatic heterocycles. The molecule has 1 N–H and O–H groups in total. The third-order valence-electron chi connectivity index (χ3n) is 4.08. The van der Waals surface area contributed by atoms with Gasteiger partial charge in [-0.25, -0.2) is 0 Å². The Labute approximate surface area is 112 Å². The molecule has 1 amide bonds. The summed E-state index contributed by atoms with van der Waals surface area (Å²) in [6.45, 7) is 5.81. The number of likely N-dealkylation sites (tertiary alicyclic amines) is 1. The van der Waals surface area contributed by atoms with Gasteiger partial charge in [-0.3, -0.25) is 4.79 Å². The van der Waals surface area contributed by atoms with E-state index in [1.807, 2.05) is 30.0 Å². The molecular weight excluding hydrogens is 248 g/mol. The molecule has 2 heterocycles. The van der Waals surface area contributed by atoms with E-state index in [0.29, 0.717) is 16.9 Å². The van der Waals surface area contributed by atoms with E-state index in [-0.39, 0.29) is 5.91 Å². The Morgan fingerprint density at radius 3 is 2.61 bits per heavy atom. The lowest BCUT2D eigenvalue weighted by Gasteiger charge is -2.18. The van der Waals surface area contributed by atoms with Crippen LogP contribution in [0.5, 0.6) is 0 Å². The quantitative estimate of drug-likeness (QED) is 0.841. The molecule has 0 bridgehead atoms. The van der Waals surface area contributed by atoms with Gasteiger partial charge >= 0.3 is 0 Å². The summed E-state index contributed by atoms with van der Waals surface area (Å²) in [4.78, 5) is 14.4. The zero-order chi connectivity index (χ0) is 12.7. The fourth-order valence-corrected chi connectivity index (χ4v) is 3.10. The molecule has 3 nitrogen and oxygen atoms in total. The van der Waals surface area contributed by atoms with Crippen molar-refractivity contribution in [1.29, 1.82) is 0 Å². The van der Waals surface area contributed by atoms with Gasteiger partial charge in [0.25, 0.3) is 5.91 Å². The summed E-state index contributed by atoms with van der Waals surface area (Å²) in [7, 11) is 0. The maximum atomic E-state index is 12.4. The van der Waals surface area contributed by atoms with E-state index in [2.05, 4.69) is 5.32 Å². The molecule has 0 spiro atoms. The van der Waals surface area contributed by atoms with Crippen molar-refractivity contribution in [3.63, 3.8) is 0 Å². The van der Waals surface area contributed by atoms with Crippen LogP contribution in [0.4, 0.5) is 0 Å². The molecule has 1 aromatic rings. The predicted octanol–water partition coefficient (Wildman–Crippen LogP) is 1.94. The fraction of sp³-hybridized carbons (Fsp3) is 0.500. The van der Waals surface area contributed by atoms with Gasteiger partial charge in [-0.05, 0) is 42.5 Å². The highest BCUT2D eigenvalue weighted by Gasteiger charge is 2.38. The normalized spacial score (nSPS) is 26.4. The van der Waals surface area contributed by atoms with Crippen LogP contribution >= 0.6 is 11.6 Å². The molecule has 2 aliphatic rings. The van der Waals surface area contributed by atoms with Gasteiger partial charge in [0.05, 0.1) is 0 Å². The van der Waals surface area contributed by atoms with Crippen molar-refractivity contribution in [2.45, 2.75) is 6.92 Å². The summed E-state index contributed by atoms with van der Waals surface area (Å²) >= 11 is 5.99. The van der Waals surface area contributed by atoms with Crippen molar-refractivity contribution in [3.8, 4) is 0 Å². The maximum absolute atomic E-state index is 12.4. The van der Waals surface area contributed by atoms with Gasteiger partial charge in [-0.15, -0.1) is 0 Å². The van der Waals surface area contributed by atoms with E-state index in [0.717, 1.165) is 37.3 Å². The molecule has 0 aliphatic carbocycles. The van der Waals surface area contributed by atoms with Gasteiger partial charge in [0, 0.05) is 36.8 Å². The van der Waals surface area contributed by atoms with Gasteiger partial charge in [-0.2, -0.15) is 0 Å². The van der Waals surface area contributed by atoms with E-state index in [1.54, 1.807) is 0 Å². The van der Waals surface area contributed by atoms with Crippen LogP contribution in [0, 0.1) is 18.8 Å². The highest BCUT2D eigenvalue weighted by Crippen LogP contribution is 2.28. The lowest BCUT2D eigenvalue weighted by molar-refractivity contribution is 0.0781. The number of hydrogen-bond acceptors (Lipinski definition) is 2. The Kier molecular flexibility index (Phi) is 3.04. The predicted molar refractivity (Wildman–Crippen MR) is 71.9 cm³/mol. The number of halogens is 1. The summed E-state index contributed by atoms with van der Waals surface area (Å²) < 4.78 is 0. The van der Waals surface area contributed by atoms with Crippen LogP contribution in [0.15, 0.2) is 18.2 Å². The van der Waals surface area contributed by atoms with Crippen LogP contribution in [0.1, 0.15) is 15.9 Å². The molecule has 2 unspecified atom stereocenters. The Balaban J connectivity index is 1.77. The van der Waals surface area contributed by atoms with Crippen LogP contribution < -0.4 is 5.32 Å². The number of hydrogen-bond donors (Lipinski definition) is 1. The number of rotatable bonds is 1. The van der Waals surface area contributed by atoms with Crippen LogP contribution in [0.3, 0.4) is 0 Å². The molecule has 96 valence electrons. The molecule has 4 heteroatoms. The summed E-state index contributed by atoms with van der Waals surface area (Å²) in [5.41, 5.74) is 1.72. The van der Waals surface area contributed by atoms with Crippen molar-refractivity contribution >= 4 is 17.5 Å². The van der Waals surface area contributed by atoms with Gasteiger partial charge < -0.3 is 10.2 Å². The zero-order valence-electron chi connectivity index (χ0n) is 10.4. The van der Waals surface area contributed by atoms with E-state index in [4.69, 9.17) is 11.6 Å². The number of carbonyl (C=O) groups is 1. The van der Waals surface area contributed by atoms with E-state index < -0.39 is 0 Å². The summed E-state index contributed by atoms with van der Waals surface area (Å²) in [5.74, 6) is 1.42. The number of carbonyl (C=O) groups excluding carboxylic acids is 1. The highest BCUT2D eigenvalue weighted by molar-refractivity contribution is 6.31. The molecule has 0 radical (unpaired) electrons. The van der Waals surface area contributed by atoms with E-state index in [1.165, 1.54) is 0 Å². The highest BCUT2D eigenvalue weighted by atomic mass is 35.5. The first-order valence-electron chi connectivity index (χ1n) is 6.41.